The van der Waals surface area contributed by atoms with Crippen LogP contribution in [0.5, 0.6) is 0 Å². The zero-order valence-corrected chi connectivity index (χ0v) is 8.91. The minimum absolute atomic E-state index is 0.109. The fourth-order valence-electron chi connectivity index (χ4n) is 0.896. The summed E-state index contributed by atoms with van der Waals surface area (Å²) in [5.41, 5.74) is 21.8. The summed E-state index contributed by atoms with van der Waals surface area (Å²) in [5.74, 6) is -0.218. The van der Waals surface area contributed by atoms with Crippen molar-refractivity contribution in [1.82, 2.24) is 4.98 Å². The first-order valence-electron chi connectivity index (χ1n) is 4.51. The molecule has 1 heterocycles. The summed E-state index contributed by atoms with van der Waals surface area (Å²) in [6, 6.07) is 3.53. The Morgan fingerprint density at radius 2 is 1.29 bits per heavy atom. The zero-order chi connectivity index (χ0) is 12.7. The minimum Gasteiger partial charge on any atom is -0.369 e. The number of nitrogens with one attached hydrogen (secondary N) is 1. The van der Waals surface area contributed by atoms with Crippen molar-refractivity contribution in [2.45, 2.75) is 0 Å². The van der Waals surface area contributed by atoms with Gasteiger partial charge >= 0.3 is 0 Å². The number of guanidine groups is 2. The number of aromatic nitrogens is 1. The summed E-state index contributed by atoms with van der Waals surface area (Å²) >= 11 is 0. The fourth-order valence-corrected chi connectivity index (χ4v) is 0.896. The van der Waals surface area contributed by atoms with Crippen LogP contribution < -0.4 is 22.9 Å². The molecule has 0 fully saturated rings. The predicted molar refractivity (Wildman–Crippen MR) is 67.6 cm³/mol. The summed E-state index contributed by atoms with van der Waals surface area (Å²) in [6.45, 7) is 0. The molecule has 1 aromatic rings. The van der Waals surface area contributed by atoms with E-state index >= 15 is 0 Å². The normalized spacial score (nSPS) is 10.8. The van der Waals surface area contributed by atoms with Gasteiger partial charge in [0.25, 0.3) is 0 Å². The molecule has 0 spiro atoms. The second-order valence-corrected chi connectivity index (χ2v) is 2.91. The summed E-state index contributed by atoms with van der Waals surface area (Å²) in [4.78, 5) is 2.96. The maximum Gasteiger partial charge on any atom is 0.211 e. The first kappa shape index (κ1) is 12.2. The Kier molecular flexibility index (Phi) is 4.25. The SMILES string of the molecule is NC(N)=NN=Cc1ccc(C=NN=C(N)N)[nH]1. The Morgan fingerprint density at radius 3 is 1.65 bits per heavy atom. The second kappa shape index (κ2) is 5.90. The van der Waals surface area contributed by atoms with Crippen molar-refractivity contribution in [3.05, 3.63) is 23.5 Å². The summed E-state index contributed by atoms with van der Waals surface area (Å²) in [7, 11) is 0. The smallest absolute Gasteiger partial charge is 0.211 e. The molecule has 0 saturated heterocycles. The molecular formula is C8H13N9. The Balaban J connectivity index is 2.66. The molecule has 0 radical (unpaired) electrons. The Bertz CT molecular complexity index is 428. The molecule has 0 aliphatic carbocycles. The van der Waals surface area contributed by atoms with Gasteiger partial charge in [0.1, 0.15) is 0 Å². The van der Waals surface area contributed by atoms with E-state index < -0.39 is 0 Å². The van der Waals surface area contributed by atoms with Crippen molar-refractivity contribution in [2.24, 2.45) is 43.3 Å². The number of rotatable bonds is 4. The molecule has 0 atom stereocenters. The lowest BCUT2D eigenvalue weighted by molar-refractivity contribution is 1.20. The van der Waals surface area contributed by atoms with Crippen molar-refractivity contribution in [1.29, 1.82) is 0 Å². The molecule has 90 valence electrons. The quantitative estimate of drug-likeness (QED) is 0.236. The third-order valence-electron chi connectivity index (χ3n) is 1.47. The zero-order valence-electron chi connectivity index (χ0n) is 8.91. The molecule has 17 heavy (non-hydrogen) atoms. The molecule has 9 nitrogen and oxygen atoms in total. The largest absolute Gasteiger partial charge is 0.369 e. The lowest BCUT2D eigenvalue weighted by Crippen LogP contribution is -2.21. The molecule has 9 heteroatoms. The van der Waals surface area contributed by atoms with Crippen LogP contribution in [-0.4, -0.2) is 29.3 Å². The predicted octanol–water partition coefficient (Wildman–Crippen LogP) is -1.77. The lowest BCUT2D eigenvalue weighted by Gasteiger charge is -1.86. The van der Waals surface area contributed by atoms with Gasteiger partial charge in [0, 0.05) is 0 Å². The topological polar surface area (TPSA) is 169 Å². The minimum atomic E-state index is -0.109. The number of H-pyrrole nitrogens is 1. The van der Waals surface area contributed by atoms with E-state index in [-0.39, 0.29) is 11.9 Å². The van der Waals surface area contributed by atoms with Gasteiger partial charge in [-0.15, -0.1) is 10.2 Å². The highest BCUT2D eigenvalue weighted by atomic mass is 15.3. The van der Waals surface area contributed by atoms with Gasteiger partial charge in [0.05, 0.1) is 23.8 Å². The van der Waals surface area contributed by atoms with Gasteiger partial charge in [-0.3, -0.25) is 0 Å². The highest BCUT2D eigenvalue weighted by Gasteiger charge is 1.92. The van der Waals surface area contributed by atoms with E-state index in [0.29, 0.717) is 11.4 Å². The molecule has 0 aliphatic rings. The Morgan fingerprint density at radius 1 is 0.882 bits per heavy atom. The van der Waals surface area contributed by atoms with Crippen LogP contribution in [0.25, 0.3) is 0 Å². The Labute approximate surface area is 97.0 Å². The molecule has 1 rings (SSSR count). The van der Waals surface area contributed by atoms with Crippen molar-refractivity contribution in [2.75, 3.05) is 0 Å². The van der Waals surface area contributed by atoms with Crippen LogP contribution in [0.3, 0.4) is 0 Å². The van der Waals surface area contributed by atoms with Crippen LogP contribution in [0.2, 0.25) is 0 Å². The van der Waals surface area contributed by atoms with Crippen molar-refractivity contribution >= 4 is 24.3 Å². The highest BCUT2D eigenvalue weighted by Crippen LogP contribution is 1.97. The van der Waals surface area contributed by atoms with Crippen LogP contribution in [0, 0.1) is 0 Å². The standard InChI is InChI=1S/C8H13N9/c9-7(10)16-13-3-5-1-2-6(15-5)4-14-17-8(11)12/h1-4,15H,(H4,9,10,16)(H4,11,12,17). The summed E-state index contributed by atoms with van der Waals surface area (Å²) in [5, 5.41) is 14.2. The van der Waals surface area contributed by atoms with Crippen LogP contribution in [0.1, 0.15) is 11.4 Å². The summed E-state index contributed by atoms with van der Waals surface area (Å²) < 4.78 is 0. The third kappa shape index (κ3) is 4.97. The molecule has 0 aromatic carbocycles. The van der Waals surface area contributed by atoms with Crippen LogP contribution >= 0.6 is 0 Å². The van der Waals surface area contributed by atoms with Crippen LogP contribution in [0.15, 0.2) is 32.5 Å². The third-order valence-corrected chi connectivity index (χ3v) is 1.47. The first-order chi connectivity index (χ1) is 8.08. The van der Waals surface area contributed by atoms with Gasteiger partial charge < -0.3 is 27.9 Å². The van der Waals surface area contributed by atoms with Crippen LogP contribution in [0.4, 0.5) is 0 Å². The number of nitrogens with two attached hydrogens (primary N) is 4. The number of nitrogens with zero attached hydrogens (tertiary/aromatic N) is 4. The van der Waals surface area contributed by atoms with E-state index in [1.807, 2.05) is 0 Å². The maximum atomic E-state index is 5.10. The van der Waals surface area contributed by atoms with E-state index in [1.165, 1.54) is 12.4 Å². The van der Waals surface area contributed by atoms with Crippen LogP contribution in [-0.2, 0) is 0 Å². The van der Waals surface area contributed by atoms with Crippen molar-refractivity contribution in [3.8, 4) is 0 Å². The summed E-state index contributed by atoms with van der Waals surface area (Å²) in [6.07, 6.45) is 2.91. The van der Waals surface area contributed by atoms with E-state index in [2.05, 4.69) is 25.4 Å². The van der Waals surface area contributed by atoms with Gasteiger partial charge in [-0.1, -0.05) is 0 Å². The number of hydrogen-bond donors (Lipinski definition) is 5. The average molecular weight is 235 g/mol. The molecule has 0 unspecified atom stereocenters. The highest BCUT2D eigenvalue weighted by molar-refractivity contribution is 5.84. The molecule has 0 aliphatic heterocycles. The van der Waals surface area contributed by atoms with E-state index in [0.717, 1.165) is 0 Å². The van der Waals surface area contributed by atoms with E-state index in [9.17, 15) is 0 Å². The lowest BCUT2D eigenvalue weighted by atomic mass is 10.4. The van der Waals surface area contributed by atoms with E-state index in [1.54, 1.807) is 12.1 Å². The molecule has 1 aromatic heterocycles. The Hall–Kier alpha value is -2.84. The van der Waals surface area contributed by atoms with E-state index in [4.69, 9.17) is 22.9 Å². The molecule has 9 N–H and O–H groups in total. The maximum absolute atomic E-state index is 5.10. The van der Waals surface area contributed by atoms with Crippen molar-refractivity contribution in [3.63, 3.8) is 0 Å². The van der Waals surface area contributed by atoms with Gasteiger partial charge in [-0.2, -0.15) is 10.2 Å². The average Bonchev–Trinajstić information content (AvgIpc) is 2.65. The second-order valence-electron chi connectivity index (χ2n) is 2.91. The van der Waals surface area contributed by atoms with Gasteiger partial charge in [-0.25, -0.2) is 0 Å². The van der Waals surface area contributed by atoms with Gasteiger partial charge in [-0.05, 0) is 12.1 Å². The number of hydrogen-bond acceptors (Lipinski definition) is 4. The monoisotopic (exact) mass is 235 g/mol. The van der Waals surface area contributed by atoms with Gasteiger partial charge in [0.2, 0.25) is 11.9 Å². The fraction of sp³-hybridized carbons (Fsp3) is 0. The first-order valence-corrected chi connectivity index (χ1v) is 4.51. The molecule has 0 amide bonds. The number of aromatic amines is 1. The molecule has 0 saturated carbocycles. The molecule has 0 bridgehead atoms. The molecular weight excluding hydrogens is 222 g/mol. The van der Waals surface area contributed by atoms with Gasteiger partial charge in [0.15, 0.2) is 0 Å². The van der Waals surface area contributed by atoms with Crippen molar-refractivity contribution < 1.29 is 0 Å².